The van der Waals surface area contributed by atoms with Crippen LogP contribution in [0.2, 0.25) is 0 Å². The molecule has 2 nitrogen and oxygen atoms in total. The highest BCUT2D eigenvalue weighted by Crippen LogP contribution is 1.74. The molecule has 0 saturated heterocycles. The normalized spacial score (nSPS) is 11.5. The summed E-state index contributed by atoms with van der Waals surface area (Å²) in [4.78, 5) is 2.09. The minimum Gasteiger partial charge on any atom is -0.327 e. The van der Waals surface area contributed by atoms with Crippen molar-refractivity contribution in [1.29, 1.82) is 0 Å². The molecule has 0 aliphatic carbocycles. The Morgan fingerprint density at radius 3 is 2.38 bits per heavy atom. The van der Waals surface area contributed by atoms with Crippen LogP contribution in [0.5, 0.6) is 0 Å². The molecule has 48 valence electrons. The molecule has 0 bridgehead atoms. The van der Waals surface area contributed by atoms with Crippen molar-refractivity contribution in [3.63, 3.8) is 0 Å². The standard InChI is InChI=1S/C6H14N2/c1-8(2)6-4-3-5-7/h3-4H,5-7H2,1-2H3. The van der Waals surface area contributed by atoms with Gasteiger partial charge in [-0.2, -0.15) is 0 Å². The molecule has 0 atom stereocenters. The molecular weight excluding hydrogens is 100 g/mol. The number of hydrogen-bond donors (Lipinski definition) is 1. The van der Waals surface area contributed by atoms with Gasteiger partial charge in [0.1, 0.15) is 0 Å². The predicted molar refractivity (Wildman–Crippen MR) is 36.7 cm³/mol. The van der Waals surface area contributed by atoms with Crippen molar-refractivity contribution in [1.82, 2.24) is 4.90 Å². The first-order valence-corrected chi connectivity index (χ1v) is 2.77. The molecule has 0 spiro atoms. The summed E-state index contributed by atoms with van der Waals surface area (Å²) in [5, 5.41) is 0. The van der Waals surface area contributed by atoms with Crippen LogP contribution in [-0.4, -0.2) is 32.1 Å². The summed E-state index contributed by atoms with van der Waals surface area (Å²) < 4.78 is 0. The third kappa shape index (κ3) is 5.66. The zero-order chi connectivity index (χ0) is 6.41. The van der Waals surface area contributed by atoms with Gasteiger partial charge in [0.2, 0.25) is 0 Å². The maximum absolute atomic E-state index is 5.21. The molecule has 0 saturated carbocycles. The Balaban J connectivity index is 3.03. The fraction of sp³-hybridized carbons (Fsp3) is 0.667. The Labute approximate surface area is 51.0 Å². The SMILES string of the molecule is CN(C)CC=CCN. The van der Waals surface area contributed by atoms with E-state index in [0.29, 0.717) is 6.54 Å². The van der Waals surface area contributed by atoms with Gasteiger partial charge in [-0.15, -0.1) is 0 Å². The van der Waals surface area contributed by atoms with Crippen LogP contribution in [0.4, 0.5) is 0 Å². The number of nitrogens with two attached hydrogens (primary N) is 1. The van der Waals surface area contributed by atoms with Gasteiger partial charge in [0.05, 0.1) is 0 Å². The van der Waals surface area contributed by atoms with E-state index in [1.165, 1.54) is 0 Å². The van der Waals surface area contributed by atoms with Crippen LogP contribution in [-0.2, 0) is 0 Å². The second-order valence-electron chi connectivity index (χ2n) is 1.97. The van der Waals surface area contributed by atoms with Gasteiger partial charge in [0, 0.05) is 13.1 Å². The highest BCUT2D eigenvalue weighted by Gasteiger charge is 1.78. The van der Waals surface area contributed by atoms with E-state index in [4.69, 9.17) is 5.73 Å². The van der Waals surface area contributed by atoms with Crippen molar-refractivity contribution in [2.45, 2.75) is 0 Å². The third-order valence-electron chi connectivity index (χ3n) is 0.773. The molecule has 0 aromatic carbocycles. The third-order valence-corrected chi connectivity index (χ3v) is 0.773. The van der Waals surface area contributed by atoms with Crippen molar-refractivity contribution in [2.75, 3.05) is 27.2 Å². The number of rotatable bonds is 3. The van der Waals surface area contributed by atoms with Crippen molar-refractivity contribution in [3.8, 4) is 0 Å². The van der Waals surface area contributed by atoms with Crippen LogP contribution in [0.15, 0.2) is 12.2 Å². The van der Waals surface area contributed by atoms with Gasteiger partial charge < -0.3 is 10.6 Å². The first kappa shape index (κ1) is 7.66. The van der Waals surface area contributed by atoms with Crippen molar-refractivity contribution in [2.24, 2.45) is 5.73 Å². The van der Waals surface area contributed by atoms with Crippen LogP contribution in [0.1, 0.15) is 0 Å². The zero-order valence-electron chi connectivity index (χ0n) is 5.59. The van der Waals surface area contributed by atoms with E-state index in [9.17, 15) is 0 Å². The molecule has 8 heavy (non-hydrogen) atoms. The maximum Gasteiger partial charge on any atom is 0.0157 e. The largest absolute Gasteiger partial charge is 0.327 e. The summed E-state index contributed by atoms with van der Waals surface area (Å²) in [6.45, 7) is 1.63. The van der Waals surface area contributed by atoms with E-state index in [0.717, 1.165) is 6.54 Å². The molecule has 2 N–H and O–H groups in total. The summed E-state index contributed by atoms with van der Waals surface area (Å²) in [5.41, 5.74) is 5.21. The quantitative estimate of drug-likeness (QED) is 0.526. The Morgan fingerprint density at radius 2 is 2.00 bits per heavy atom. The first-order chi connectivity index (χ1) is 3.77. The molecule has 0 unspecified atom stereocenters. The number of nitrogens with zero attached hydrogens (tertiary/aromatic N) is 1. The van der Waals surface area contributed by atoms with Crippen molar-refractivity contribution >= 4 is 0 Å². The van der Waals surface area contributed by atoms with Gasteiger partial charge in [-0.1, -0.05) is 12.2 Å². The van der Waals surface area contributed by atoms with Crippen LogP contribution in [0.25, 0.3) is 0 Å². The average molecular weight is 114 g/mol. The van der Waals surface area contributed by atoms with E-state index in [1.54, 1.807) is 0 Å². The molecule has 0 aliphatic heterocycles. The van der Waals surface area contributed by atoms with E-state index in [-0.39, 0.29) is 0 Å². The van der Waals surface area contributed by atoms with Gasteiger partial charge in [-0.3, -0.25) is 0 Å². The van der Waals surface area contributed by atoms with E-state index in [1.807, 2.05) is 20.2 Å². The summed E-state index contributed by atoms with van der Waals surface area (Å²) in [6.07, 6.45) is 4.01. The zero-order valence-corrected chi connectivity index (χ0v) is 5.59. The molecule has 0 radical (unpaired) electrons. The Hall–Kier alpha value is -0.340. The van der Waals surface area contributed by atoms with Gasteiger partial charge in [0.25, 0.3) is 0 Å². The van der Waals surface area contributed by atoms with Crippen LogP contribution >= 0.6 is 0 Å². The molecular formula is C6H14N2. The fourth-order valence-corrected chi connectivity index (χ4v) is 0.382. The van der Waals surface area contributed by atoms with Gasteiger partial charge in [-0.05, 0) is 14.1 Å². The van der Waals surface area contributed by atoms with Gasteiger partial charge >= 0.3 is 0 Å². The van der Waals surface area contributed by atoms with E-state index >= 15 is 0 Å². The minimum absolute atomic E-state index is 0.647. The van der Waals surface area contributed by atoms with Crippen LogP contribution in [0.3, 0.4) is 0 Å². The Bertz CT molecular complexity index is 66.9. The topological polar surface area (TPSA) is 29.3 Å². The second-order valence-corrected chi connectivity index (χ2v) is 1.97. The minimum atomic E-state index is 0.647. The van der Waals surface area contributed by atoms with E-state index in [2.05, 4.69) is 11.0 Å². The lowest BCUT2D eigenvalue weighted by atomic mass is 10.5. The molecule has 0 heterocycles. The summed E-state index contributed by atoms with van der Waals surface area (Å²) in [7, 11) is 4.06. The molecule has 0 fully saturated rings. The van der Waals surface area contributed by atoms with Crippen molar-refractivity contribution < 1.29 is 0 Å². The van der Waals surface area contributed by atoms with Crippen LogP contribution < -0.4 is 5.73 Å². The number of likely N-dealkylation sites (N-methyl/N-ethyl adjacent to an activating group) is 1. The summed E-state index contributed by atoms with van der Waals surface area (Å²) in [5.74, 6) is 0. The number of hydrogen-bond acceptors (Lipinski definition) is 2. The van der Waals surface area contributed by atoms with Crippen molar-refractivity contribution in [3.05, 3.63) is 12.2 Å². The monoisotopic (exact) mass is 114 g/mol. The Kier molecular flexibility index (Phi) is 4.61. The maximum atomic E-state index is 5.21. The highest BCUT2D eigenvalue weighted by atomic mass is 15.0. The lowest BCUT2D eigenvalue weighted by molar-refractivity contribution is 0.456. The molecule has 0 aromatic heterocycles. The smallest absolute Gasteiger partial charge is 0.0157 e. The summed E-state index contributed by atoms with van der Waals surface area (Å²) in [6, 6.07) is 0. The summed E-state index contributed by atoms with van der Waals surface area (Å²) >= 11 is 0. The lowest BCUT2D eigenvalue weighted by Crippen LogP contribution is -2.10. The van der Waals surface area contributed by atoms with Gasteiger partial charge in [-0.25, -0.2) is 0 Å². The molecule has 2 heteroatoms. The lowest BCUT2D eigenvalue weighted by Gasteiger charge is -2.02. The fourth-order valence-electron chi connectivity index (χ4n) is 0.382. The molecule has 0 aliphatic rings. The molecule has 0 amide bonds. The molecule has 0 rings (SSSR count). The Morgan fingerprint density at radius 1 is 1.38 bits per heavy atom. The van der Waals surface area contributed by atoms with E-state index < -0.39 is 0 Å². The molecule has 0 aromatic rings. The first-order valence-electron chi connectivity index (χ1n) is 2.77. The van der Waals surface area contributed by atoms with Gasteiger partial charge in [0.15, 0.2) is 0 Å². The van der Waals surface area contributed by atoms with Crippen LogP contribution in [0, 0.1) is 0 Å². The predicted octanol–water partition coefficient (Wildman–Crippen LogP) is 0.0629. The second kappa shape index (κ2) is 4.81. The highest BCUT2D eigenvalue weighted by molar-refractivity contribution is 4.83. The average Bonchev–Trinajstić information content (AvgIpc) is 1.66.